The molecule has 8 heteroatoms. The number of carbonyl (C=O) groups excluding carboxylic acids is 1. The number of benzene rings is 3. The fourth-order valence-electron chi connectivity index (χ4n) is 3.57. The molecule has 4 rings (SSSR count). The van der Waals surface area contributed by atoms with Gasteiger partial charge in [0.15, 0.2) is 17.3 Å². The topological polar surface area (TPSA) is 78.2 Å². The number of hydrogen-bond donors (Lipinski definition) is 0. The summed E-state index contributed by atoms with van der Waals surface area (Å²) in [7, 11) is 6.58. The third-order valence-corrected chi connectivity index (χ3v) is 5.64. The number of allylic oxidation sites excluding steroid dienone is 1. The fraction of sp³-hybridized carbons (Fsp3) is 0.143. The summed E-state index contributed by atoms with van der Waals surface area (Å²) in [6, 6.07) is 16.7. The average Bonchev–Trinajstić information content (AvgIpc) is 2.88. The van der Waals surface area contributed by atoms with Crippen molar-refractivity contribution in [3.8, 4) is 28.4 Å². The van der Waals surface area contributed by atoms with Crippen molar-refractivity contribution in [1.82, 2.24) is 4.90 Å². The average molecular weight is 506 g/mol. The molecule has 0 saturated carbocycles. The molecule has 0 radical (unpaired) electrons. The van der Waals surface area contributed by atoms with Crippen LogP contribution in [0.5, 0.6) is 17.2 Å². The fourth-order valence-corrected chi connectivity index (χ4v) is 3.70. The number of carbonyl (C=O) groups is 1. The number of rotatable bonds is 8. The van der Waals surface area contributed by atoms with Crippen molar-refractivity contribution in [3.05, 3.63) is 99.7 Å². The van der Waals surface area contributed by atoms with Crippen LogP contribution in [0.25, 0.3) is 22.1 Å². The van der Waals surface area contributed by atoms with Crippen LogP contribution >= 0.6 is 11.6 Å². The first-order valence-electron chi connectivity index (χ1n) is 10.9. The predicted octanol–water partition coefficient (Wildman–Crippen LogP) is 5.80. The van der Waals surface area contributed by atoms with E-state index in [1.54, 1.807) is 86.9 Å². The summed E-state index contributed by atoms with van der Waals surface area (Å²) in [5, 5.41) is 0.834. The molecule has 7 nitrogen and oxygen atoms in total. The van der Waals surface area contributed by atoms with E-state index in [-0.39, 0.29) is 34.1 Å². The summed E-state index contributed by atoms with van der Waals surface area (Å²) in [4.78, 5) is 28.1. The maximum Gasteiger partial charge on any atom is 0.229 e. The summed E-state index contributed by atoms with van der Waals surface area (Å²) in [5.74, 6) is 0.883. The Morgan fingerprint density at radius 2 is 1.64 bits per heavy atom. The first kappa shape index (κ1) is 24.9. The van der Waals surface area contributed by atoms with Crippen LogP contribution in [0.4, 0.5) is 0 Å². The SMILES string of the molecule is COc1ccc(-c2coc3cc(O/C(=C\N(C)C)C(=O)c4ccc(Cl)cc4)c(OC)cc3c2=O)cc1. The first-order chi connectivity index (χ1) is 17.3. The Kier molecular flexibility index (Phi) is 7.31. The van der Waals surface area contributed by atoms with Gasteiger partial charge >= 0.3 is 0 Å². The molecule has 0 N–H and O–H groups in total. The van der Waals surface area contributed by atoms with Gasteiger partial charge in [-0.25, -0.2) is 0 Å². The van der Waals surface area contributed by atoms with Gasteiger partial charge in [-0.3, -0.25) is 9.59 Å². The van der Waals surface area contributed by atoms with E-state index >= 15 is 0 Å². The molecule has 0 atom stereocenters. The van der Waals surface area contributed by atoms with Crippen LogP contribution in [0.15, 0.2) is 88.1 Å². The number of hydrogen-bond acceptors (Lipinski definition) is 7. The summed E-state index contributed by atoms with van der Waals surface area (Å²) in [6.45, 7) is 0. The zero-order chi connectivity index (χ0) is 25.8. The van der Waals surface area contributed by atoms with Crippen LogP contribution in [-0.4, -0.2) is 39.0 Å². The third kappa shape index (κ3) is 5.21. The van der Waals surface area contributed by atoms with Gasteiger partial charge in [0.1, 0.15) is 17.6 Å². The second-order valence-corrected chi connectivity index (χ2v) is 8.54. The molecule has 0 aliphatic heterocycles. The number of ketones is 1. The Morgan fingerprint density at radius 3 is 2.25 bits per heavy atom. The van der Waals surface area contributed by atoms with E-state index in [2.05, 4.69) is 0 Å². The highest BCUT2D eigenvalue weighted by molar-refractivity contribution is 6.30. The van der Waals surface area contributed by atoms with Gasteiger partial charge in [-0.05, 0) is 48.0 Å². The number of ether oxygens (including phenoxy) is 3. The van der Waals surface area contributed by atoms with Crippen molar-refractivity contribution in [2.24, 2.45) is 0 Å². The van der Waals surface area contributed by atoms with Crippen molar-refractivity contribution >= 4 is 28.4 Å². The molecule has 4 aromatic rings. The van der Waals surface area contributed by atoms with Crippen LogP contribution in [-0.2, 0) is 0 Å². The maximum atomic E-state index is 13.3. The molecule has 184 valence electrons. The number of fused-ring (bicyclic) bond motifs is 1. The highest BCUT2D eigenvalue weighted by Crippen LogP contribution is 2.34. The molecular weight excluding hydrogens is 482 g/mol. The van der Waals surface area contributed by atoms with Crippen molar-refractivity contribution in [2.75, 3.05) is 28.3 Å². The second kappa shape index (κ2) is 10.6. The molecule has 1 aromatic heterocycles. The Hall–Kier alpha value is -4.23. The Bertz CT molecular complexity index is 1490. The third-order valence-electron chi connectivity index (χ3n) is 5.39. The van der Waals surface area contributed by atoms with Gasteiger partial charge in [-0.15, -0.1) is 0 Å². The minimum absolute atomic E-state index is 0.0529. The molecule has 0 amide bonds. The van der Waals surface area contributed by atoms with E-state index < -0.39 is 0 Å². The second-order valence-electron chi connectivity index (χ2n) is 8.10. The summed E-state index contributed by atoms with van der Waals surface area (Å²) in [6.07, 6.45) is 2.96. The number of Topliss-reactive ketones (excluding diaryl/α,β-unsaturated/α-hetero) is 1. The van der Waals surface area contributed by atoms with E-state index in [1.165, 1.54) is 19.4 Å². The molecule has 0 bridgehead atoms. The predicted molar refractivity (Wildman–Crippen MR) is 139 cm³/mol. The molecule has 1 heterocycles. The quantitative estimate of drug-likeness (QED) is 0.170. The molecule has 0 aliphatic rings. The monoisotopic (exact) mass is 505 g/mol. The lowest BCUT2D eigenvalue weighted by Gasteiger charge is -2.15. The van der Waals surface area contributed by atoms with E-state index in [4.69, 9.17) is 30.2 Å². The van der Waals surface area contributed by atoms with Gasteiger partial charge in [-0.2, -0.15) is 0 Å². The minimum atomic E-state index is -0.348. The van der Waals surface area contributed by atoms with Gasteiger partial charge in [0.25, 0.3) is 0 Å². The number of nitrogens with zero attached hydrogens (tertiary/aromatic N) is 1. The summed E-state index contributed by atoms with van der Waals surface area (Å²) in [5.41, 5.74) is 1.55. The molecule has 36 heavy (non-hydrogen) atoms. The zero-order valence-corrected chi connectivity index (χ0v) is 21.0. The molecule has 0 fully saturated rings. The highest BCUT2D eigenvalue weighted by atomic mass is 35.5. The number of methoxy groups -OCH3 is 2. The van der Waals surface area contributed by atoms with Crippen LogP contribution in [0.1, 0.15) is 10.4 Å². The Balaban J connectivity index is 1.75. The summed E-state index contributed by atoms with van der Waals surface area (Å²) < 4.78 is 22.5. The van der Waals surface area contributed by atoms with Crippen molar-refractivity contribution < 1.29 is 23.4 Å². The van der Waals surface area contributed by atoms with Crippen LogP contribution < -0.4 is 19.6 Å². The highest BCUT2D eigenvalue weighted by Gasteiger charge is 2.20. The van der Waals surface area contributed by atoms with E-state index in [1.807, 2.05) is 0 Å². The van der Waals surface area contributed by atoms with Crippen molar-refractivity contribution in [1.29, 1.82) is 0 Å². The largest absolute Gasteiger partial charge is 0.497 e. The van der Waals surface area contributed by atoms with Crippen molar-refractivity contribution in [2.45, 2.75) is 0 Å². The first-order valence-corrected chi connectivity index (χ1v) is 11.3. The lowest BCUT2D eigenvalue weighted by Crippen LogP contribution is -2.15. The summed E-state index contributed by atoms with van der Waals surface area (Å²) >= 11 is 5.96. The van der Waals surface area contributed by atoms with Gasteiger partial charge in [0.05, 0.1) is 25.2 Å². The lowest BCUT2D eigenvalue weighted by atomic mass is 10.1. The normalized spacial score (nSPS) is 11.3. The van der Waals surface area contributed by atoms with E-state index in [0.29, 0.717) is 32.8 Å². The Labute approximate surface area is 213 Å². The molecule has 0 spiro atoms. The van der Waals surface area contributed by atoms with E-state index in [9.17, 15) is 9.59 Å². The number of halogens is 1. The molecule has 3 aromatic carbocycles. The van der Waals surface area contributed by atoms with Crippen molar-refractivity contribution in [3.63, 3.8) is 0 Å². The molecule has 0 unspecified atom stereocenters. The van der Waals surface area contributed by atoms with Gasteiger partial charge in [0.2, 0.25) is 11.2 Å². The van der Waals surface area contributed by atoms with Crippen LogP contribution in [0.2, 0.25) is 5.02 Å². The Morgan fingerprint density at radius 1 is 0.944 bits per heavy atom. The van der Waals surface area contributed by atoms with Crippen LogP contribution in [0, 0.1) is 0 Å². The molecule has 0 aliphatic carbocycles. The van der Waals surface area contributed by atoms with Gasteiger partial charge in [-0.1, -0.05) is 23.7 Å². The van der Waals surface area contributed by atoms with Crippen LogP contribution in [0.3, 0.4) is 0 Å². The lowest BCUT2D eigenvalue weighted by molar-refractivity contribution is 0.0981. The smallest absolute Gasteiger partial charge is 0.229 e. The zero-order valence-electron chi connectivity index (χ0n) is 20.2. The minimum Gasteiger partial charge on any atom is -0.497 e. The molecular formula is C28H24ClNO6. The van der Waals surface area contributed by atoms with E-state index in [0.717, 1.165) is 0 Å². The standard InChI is InChI=1S/C28H24ClNO6/c1-30(2)15-26(27(31)18-5-9-19(29)10-6-18)36-25-14-23-21(13-24(25)34-4)28(32)22(16-35-23)17-7-11-20(33-3)12-8-17/h5-16H,1-4H3/b26-15-. The maximum absolute atomic E-state index is 13.3. The molecule has 0 saturated heterocycles. The van der Waals surface area contributed by atoms with Gasteiger partial charge < -0.3 is 23.5 Å². The van der Waals surface area contributed by atoms with Gasteiger partial charge in [0, 0.05) is 36.9 Å².